The van der Waals surface area contributed by atoms with Crippen LogP contribution in [0.3, 0.4) is 0 Å². The minimum absolute atomic E-state index is 0.142. The number of carbonyl (C=O) groups excluding carboxylic acids is 1. The lowest BCUT2D eigenvalue weighted by atomic mass is 10.2. The van der Waals surface area contributed by atoms with Crippen molar-refractivity contribution in [1.82, 2.24) is 4.98 Å². The number of rotatable bonds is 2. The third kappa shape index (κ3) is 1.73. The van der Waals surface area contributed by atoms with Crippen molar-refractivity contribution < 1.29 is 4.79 Å². The van der Waals surface area contributed by atoms with E-state index in [-0.39, 0.29) is 11.8 Å². The van der Waals surface area contributed by atoms with Crippen molar-refractivity contribution in [2.24, 2.45) is 5.92 Å². The molecule has 1 aromatic carbocycles. The molecule has 0 bridgehead atoms. The Bertz CT molecular complexity index is 557. The summed E-state index contributed by atoms with van der Waals surface area (Å²) in [7, 11) is 0. The zero-order chi connectivity index (χ0) is 11.1. The predicted octanol–water partition coefficient (Wildman–Crippen LogP) is 3.28. The van der Waals surface area contributed by atoms with Crippen LogP contribution in [-0.2, 0) is 4.79 Å². The molecule has 0 aliphatic heterocycles. The van der Waals surface area contributed by atoms with E-state index < -0.39 is 0 Å². The highest BCUT2D eigenvalue weighted by atomic mass is 79.9. The quantitative estimate of drug-likeness (QED) is 0.870. The van der Waals surface area contributed by atoms with Gasteiger partial charge >= 0.3 is 0 Å². The summed E-state index contributed by atoms with van der Waals surface area (Å²) in [6, 6.07) is 5.98. The molecule has 1 fully saturated rings. The summed E-state index contributed by atoms with van der Waals surface area (Å²) in [6.07, 6.45) is 3.90. The molecule has 0 atom stereocenters. The number of H-pyrrole nitrogens is 1. The van der Waals surface area contributed by atoms with Crippen molar-refractivity contribution in [3.8, 4) is 0 Å². The standard InChI is InChI=1S/C12H11BrN2O/c13-8-3-4-9-10(5-8)14-6-11(9)15-12(16)7-1-2-7/h3-7,14H,1-2H2,(H,15,16). The molecule has 0 radical (unpaired) electrons. The van der Waals surface area contributed by atoms with Crippen molar-refractivity contribution in [1.29, 1.82) is 0 Å². The van der Waals surface area contributed by atoms with Crippen LogP contribution in [0.25, 0.3) is 10.9 Å². The van der Waals surface area contributed by atoms with Gasteiger partial charge in [-0.3, -0.25) is 4.79 Å². The van der Waals surface area contributed by atoms with Gasteiger partial charge in [0, 0.05) is 27.5 Å². The van der Waals surface area contributed by atoms with E-state index in [1.165, 1.54) is 0 Å². The zero-order valence-electron chi connectivity index (χ0n) is 8.59. The van der Waals surface area contributed by atoms with Crippen LogP contribution < -0.4 is 5.32 Å². The number of anilines is 1. The lowest BCUT2D eigenvalue weighted by molar-refractivity contribution is -0.117. The molecule has 1 amide bonds. The van der Waals surface area contributed by atoms with Gasteiger partial charge in [0.25, 0.3) is 0 Å². The summed E-state index contributed by atoms with van der Waals surface area (Å²) in [4.78, 5) is 14.8. The van der Waals surface area contributed by atoms with E-state index in [9.17, 15) is 4.79 Å². The summed E-state index contributed by atoms with van der Waals surface area (Å²) in [5, 5.41) is 4.01. The van der Waals surface area contributed by atoms with Crippen molar-refractivity contribution in [2.45, 2.75) is 12.8 Å². The smallest absolute Gasteiger partial charge is 0.227 e. The number of carbonyl (C=O) groups is 1. The van der Waals surface area contributed by atoms with Crippen LogP contribution in [0, 0.1) is 5.92 Å². The maximum Gasteiger partial charge on any atom is 0.227 e. The predicted molar refractivity (Wildman–Crippen MR) is 67.4 cm³/mol. The molecule has 3 nitrogen and oxygen atoms in total. The van der Waals surface area contributed by atoms with Crippen LogP contribution >= 0.6 is 15.9 Å². The van der Waals surface area contributed by atoms with Gasteiger partial charge in [-0.25, -0.2) is 0 Å². The van der Waals surface area contributed by atoms with Gasteiger partial charge in [-0.15, -0.1) is 0 Å². The SMILES string of the molecule is O=C(Nc1c[nH]c2cc(Br)ccc12)C1CC1. The minimum atomic E-state index is 0.142. The van der Waals surface area contributed by atoms with Crippen LogP contribution in [-0.4, -0.2) is 10.9 Å². The molecule has 16 heavy (non-hydrogen) atoms. The Morgan fingerprint density at radius 1 is 1.44 bits per heavy atom. The second-order valence-electron chi connectivity index (χ2n) is 4.16. The molecule has 0 unspecified atom stereocenters. The van der Waals surface area contributed by atoms with Crippen LogP contribution in [0.2, 0.25) is 0 Å². The molecule has 1 aromatic heterocycles. The topological polar surface area (TPSA) is 44.9 Å². The summed E-state index contributed by atoms with van der Waals surface area (Å²) in [6.45, 7) is 0. The van der Waals surface area contributed by atoms with Crippen LogP contribution in [0.4, 0.5) is 5.69 Å². The van der Waals surface area contributed by atoms with Gasteiger partial charge in [0.15, 0.2) is 0 Å². The molecule has 0 saturated heterocycles. The molecule has 1 aliphatic carbocycles. The largest absolute Gasteiger partial charge is 0.359 e. The molecule has 1 aliphatic rings. The lowest BCUT2D eigenvalue weighted by Crippen LogP contribution is -2.12. The lowest BCUT2D eigenvalue weighted by Gasteiger charge is -2.01. The van der Waals surface area contributed by atoms with Gasteiger partial charge in [-0.2, -0.15) is 0 Å². The van der Waals surface area contributed by atoms with Crippen LogP contribution in [0.1, 0.15) is 12.8 Å². The molecule has 1 heterocycles. The Balaban J connectivity index is 1.94. The van der Waals surface area contributed by atoms with Crippen molar-refractivity contribution >= 4 is 38.4 Å². The number of hydrogen-bond donors (Lipinski definition) is 2. The number of nitrogens with one attached hydrogen (secondary N) is 2. The Morgan fingerprint density at radius 2 is 2.25 bits per heavy atom. The van der Waals surface area contributed by atoms with E-state index >= 15 is 0 Å². The highest BCUT2D eigenvalue weighted by Gasteiger charge is 2.29. The second-order valence-corrected chi connectivity index (χ2v) is 5.07. The van der Waals surface area contributed by atoms with E-state index in [2.05, 4.69) is 26.2 Å². The molecule has 2 aromatic rings. The molecular weight excluding hydrogens is 268 g/mol. The van der Waals surface area contributed by atoms with Gasteiger partial charge in [0.2, 0.25) is 5.91 Å². The van der Waals surface area contributed by atoms with Crippen LogP contribution in [0.5, 0.6) is 0 Å². The summed E-state index contributed by atoms with van der Waals surface area (Å²) in [5.41, 5.74) is 1.90. The molecule has 1 saturated carbocycles. The zero-order valence-corrected chi connectivity index (χ0v) is 10.2. The third-order valence-electron chi connectivity index (χ3n) is 2.85. The van der Waals surface area contributed by atoms with Gasteiger partial charge in [-0.05, 0) is 31.0 Å². The van der Waals surface area contributed by atoms with E-state index in [1.807, 2.05) is 24.4 Å². The molecule has 82 valence electrons. The molecular formula is C12H11BrN2O. The van der Waals surface area contributed by atoms with E-state index in [1.54, 1.807) is 0 Å². The number of aromatic nitrogens is 1. The Labute approximate surface area is 101 Å². The Kier molecular flexibility index (Phi) is 2.24. The molecule has 3 rings (SSSR count). The molecule has 0 spiro atoms. The minimum Gasteiger partial charge on any atom is -0.359 e. The summed E-state index contributed by atoms with van der Waals surface area (Å²) < 4.78 is 1.03. The van der Waals surface area contributed by atoms with Gasteiger partial charge in [-0.1, -0.05) is 15.9 Å². The highest BCUT2D eigenvalue weighted by molar-refractivity contribution is 9.10. The van der Waals surface area contributed by atoms with Gasteiger partial charge in [0.05, 0.1) is 5.69 Å². The van der Waals surface area contributed by atoms with E-state index in [0.717, 1.165) is 33.9 Å². The van der Waals surface area contributed by atoms with E-state index in [0.29, 0.717) is 0 Å². The van der Waals surface area contributed by atoms with Gasteiger partial charge < -0.3 is 10.3 Å². The number of halogens is 1. The maximum atomic E-state index is 11.6. The maximum absolute atomic E-state index is 11.6. The molecule has 2 N–H and O–H groups in total. The normalized spacial score (nSPS) is 15.3. The van der Waals surface area contributed by atoms with E-state index in [4.69, 9.17) is 0 Å². The Morgan fingerprint density at radius 3 is 3.00 bits per heavy atom. The summed E-state index contributed by atoms with van der Waals surface area (Å²) in [5.74, 6) is 0.379. The first-order valence-corrected chi connectivity index (χ1v) is 6.11. The molecule has 4 heteroatoms. The number of hydrogen-bond acceptors (Lipinski definition) is 1. The number of fused-ring (bicyclic) bond motifs is 1. The monoisotopic (exact) mass is 278 g/mol. The second kappa shape index (κ2) is 3.63. The summed E-state index contributed by atoms with van der Waals surface area (Å²) >= 11 is 3.42. The van der Waals surface area contributed by atoms with Crippen molar-refractivity contribution in [3.05, 3.63) is 28.9 Å². The third-order valence-corrected chi connectivity index (χ3v) is 3.34. The van der Waals surface area contributed by atoms with Crippen LogP contribution in [0.15, 0.2) is 28.9 Å². The number of benzene rings is 1. The van der Waals surface area contributed by atoms with Crippen molar-refractivity contribution in [2.75, 3.05) is 5.32 Å². The fourth-order valence-electron chi connectivity index (χ4n) is 1.78. The number of amides is 1. The average molecular weight is 279 g/mol. The fourth-order valence-corrected chi connectivity index (χ4v) is 2.14. The van der Waals surface area contributed by atoms with Gasteiger partial charge in [0.1, 0.15) is 0 Å². The first-order valence-electron chi connectivity index (χ1n) is 5.31. The fraction of sp³-hybridized carbons (Fsp3) is 0.250. The number of aromatic amines is 1. The van der Waals surface area contributed by atoms with Crippen molar-refractivity contribution in [3.63, 3.8) is 0 Å². The first kappa shape index (κ1) is 9.90. The Hall–Kier alpha value is -1.29. The average Bonchev–Trinajstić information content (AvgIpc) is 3.03. The highest BCUT2D eigenvalue weighted by Crippen LogP contribution is 2.32. The first-order chi connectivity index (χ1) is 7.74.